The van der Waals surface area contributed by atoms with Crippen LogP contribution in [0.2, 0.25) is 0 Å². The quantitative estimate of drug-likeness (QED) is 0.438. The van der Waals surface area contributed by atoms with E-state index < -0.39 is 30.6 Å². The van der Waals surface area contributed by atoms with E-state index in [1.54, 1.807) is 6.92 Å². The van der Waals surface area contributed by atoms with Gasteiger partial charge in [0.1, 0.15) is 5.75 Å². The van der Waals surface area contributed by atoms with Crippen molar-refractivity contribution in [2.24, 2.45) is 0 Å². The Morgan fingerprint density at radius 3 is 2.09 bits per heavy atom. The predicted molar refractivity (Wildman–Crippen MR) is 72.0 cm³/mol. The van der Waals surface area contributed by atoms with Gasteiger partial charge < -0.3 is 25.5 Å². The molecular weight excluding hydrogens is 298 g/mol. The van der Waals surface area contributed by atoms with Crippen LogP contribution in [0.4, 0.5) is 0 Å². The van der Waals surface area contributed by atoms with E-state index in [0.29, 0.717) is 16.8 Å². The lowest BCUT2D eigenvalue weighted by molar-refractivity contribution is -0.149. The molecule has 1 heterocycles. The monoisotopic (exact) mass is 315 g/mol. The SMILES string of the molecule is Cc1ncc(CO)c(CO)c1O.O=C(O)CCC(=O)C(=O)O. The summed E-state index contributed by atoms with van der Waals surface area (Å²) in [5.41, 5.74) is 1.27. The number of Topliss-reactive ketones (excluding diaryl/α,β-unsaturated/α-hetero) is 1. The van der Waals surface area contributed by atoms with Crippen molar-refractivity contribution in [3.8, 4) is 5.75 Å². The highest BCUT2D eigenvalue weighted by Crippen LogP contribution is 2.23. The molecule has 1 aromatic heterocycles. The second kappa shape index (κ2) is 9.42. The number of rotatable bonds is 6. The fourth-order valence-corrected chi connectivity index (χ4v) is 1.32. The van der Waals surface area contributed by atoms with Gasteiger partial charge in [0.15, 0.2) is 0 Å². The Bertz CT molecular complexity index is 555. The van der Waals surface area contributed by atoms with Gasteiger partial charge in [-0.2, -0.15) is 0 Å². The number of hydrogen-bond donors (Lipinski definition) is 5. The van der Waals surface area contributed by atoms with Gasteiger partial charge in [-0.3, -0.25) is 14.6 Å². The molecule has 0 radical (unpaired) electrons. The van der Waals surface area contributed by atoms with Crippen LogP contribution >= 0.6 is 0 Å². The van der Waals surface area contributed by atoms with Gasteiger partial charge in [-0.15, -0.1) is 0 Å². The number of aryl methyl sites for hydroxylation is 1. The Labute approximate surface area is 125 Å². The summed E-state index contributed by atoms with van der Waals surface area (Å²) >= 11 is 0. The standard InChI is InChI=1S/C8H11NO3.C5H6O5/c1-5-8(12)7(4-11)6(3-10)2-9-5;6-3(5(9)10)1-2-4(7)8/h2,10-12H,3-4H2,1H3;1-2H2,(H,7,8)(H,9,10). The zero-order chi connectivity index (χ0) is 17.3. The van der Waals surface area contributed by atoms with E-state index >= 15 is 0 Å². The van der Waals surface area contributed by atoms with Crippen LogP contribution in [0.1, 0.15) is 29.7 Å². The third-order valence-electron chi connectivity index (χ3n) is 2.56. The first kappa shape index (κ1) is 19.5. The highest BCUT2D eigenvalue weighted by molar-refractivity contribution is 6.32. The molecule has 122 valence electrons. The summed E-state index contributed by atoms with van der Waals surface area (Å²) in [6.07, 6.45) is 0.580. The average molecular weight is 315 g/mol. The lowest BCUT2D eigenvalue weighted by Gasteiger charge is -2.07. The number of pyridine rings is 1. The van der Waals surface area contributed by atoms with E-state index in [-0.39, 0.29) is 19.0 Å². The normalized spacial score (nSPS) is 9.59. The second-order valence-electron chi connectivity index (χ2n) is 4.13. The number of aliphatic carboxylic acids is 2. The molecule has 1 rings (SSSR count). The summed E-state index contributed by atoms with van der Waals surface area (Å²) in [5, 5.41) is 43.0. The zero-order valence-corrected chi connectivity index (χ0v) is 11.8. The number of carbonyl (C=O) groups is 3. The lowest BCUT2D eigenvalue weighted by atomic mass is 10.1. The fourth-order valence-electron chi connectivity index (χ4n) is 1.32. The Hall–Kier alpha value is -2.52. The number of nitrogens with zero attached hydrogens (tertiary/aromatic N) is 1. The first-order chi connectivity index (χ1) is 10.2. The maximum atomic E-state index is 10.2. The summed E-state index contributed by atoms with van der Waals surface area (Å²) in [5.74, 6) is -3.86. The maximum Gasteiger partial charge on any atom is 0.372 e. The number of aromatic hydroxyl groups is 1. The third-order valence-corrected chi connectivity index (χ3v) is 2.56. The number of carbonyl (C=O) groups excluding carboxylic acids is 1. The van der Waals surface area contributed by atoms with Crippen LogP contribution in [-0.2, 0) is 27.6 Å². The number of aliphatic hydroxyl groups excluding tert-OH is 2. The van der Waals surface area contributed by atoms with Gasteiger partial charge in [0.05, 0.1) is 25.3 Å². The minimum atomic E-state index is -1.58. The number of aliphatic hydroxyl groups is 2. The van der Waals surface area contributed by atoms with E-state index in [1.165, 1.54) is 6.20 Å². The smallest absolute Gasteiger partial charge is 0.372 e. The van der Waals surface area contributed by atoms with E-state index in [2.05, 4.69) is 4.98 Å². The molecule has 22 heavy (non-hydrogen) atoms. The predicted octanol–water partition coefficient (Wildman–Crippen LogP) is -0.415. The molecule has 0 unspecified atom stereocenters. The van der Waals surface area contributed by atoms with Gasteiger partial charge in [0, 0.05) is 23.7 Å². The minimum Gasteiger partial charge on any atom is -0.506 e. The summed E-state index contributed by atoms with van der Waals surface area (Å²) in [4.78, 5) is 33.6. The van der Waals surface area contributed by atoms with Crippen LogP contribution in [0.3, 0.4) is 0 Å². The minimum absolute atomic E-state index is 0.0379. The summed E-state index contributed by atoms with van der Waals surface area (Å²) in [7, 11) is 0. The largest absolute Gasteiger partial charge is 0.506 e. The molecule has 0 saturated heterocycles. The van der Waals surface area contributed by atoms with Crippen LogP contribution in [0.5, 0.6) is 5.75 Å². The first-order valence-corrected chi connectivity index (χ1v) is 6.10. The van der Waals surface area contributed by atoms with Crippen molar-refractivity contribution in [1.29, 1.82) is 0 Å². The van der Waals surface area contributed by atoms with Gasteiger partial charge in [-0.25, -0.2) is 4.79 Å². The molecule has 0 aliphatic carbocycles. The molecule has 0 aliphatic rings. The Morgan fingerprint density at radius 2 is 1.68 bits per heavy atom. The van der Waals surface area contributed by atoms with Crippen molar-refractivity contribution in [1.82, 2.24) is 4.98 Å². The fraction of sp³-hybridized carbons (Fsp3) is 0.385. The van der Waals surface area contributed by atoms with Crippen molar-refractivity contribution < 1.29 is 39.9 Å². The third kappa shape index (κ3) is 6.29. The van der Waals surface area contributed by atoms with E-state index in [9.17, 15) is 19.5 Å². The van der Waals surface area contributed by atoms with Crippen LogP contribution in [0.15, 0.2) is 6.20 Å². The Kier molecular flexibility index (Phi) is 8.34. The molecule has 0 fully saturated rings. The Morgan fingerprint density at radius 1 is 1.09 bits per heavy atom. The zero-order valence-electron chi connectivity index (χ0n) is 11.8. The lowest BCUT2D eigenvalue weighted by Crippen LogP contribution is -2.13. The molecule has 5 N–H and O–H groups in total. The van der Waals surface area contributed by atoms with Crippen molar-refractivity contribution in [3.05, 3.63) is 23.0 Å². The second-order valence-corrected chi connectivity index (χ2v) is 4.13. The van der Waals surface area contributed by atoms with Gasteiger partial charge in [-0.05, 0) is 6.92 Å². The molecule has 9 heteroatoms. The molecule has 0 aliphatic heterocycles. The summed E-state index contributed by atoms with van der Waals surface area (Å²) < 4.78 is 0. The number of ketones is 1. The van der Waals surface area contributed by atoms with Crippen molar-refractivity contribution in [2.45, 2.75) is 33.0 Å². The summed E-state index contributed by atoms with van der Waals surface area (Å²) in [6, 6.07) is 0. The van der Waals surface area contributed by atoms with Gasteiger partial charge >= 0.3 is 11.9 Å². The Balaban J connectivity index is 0.000000409. The average Bonchev–Trinajstić information content (AvgIpc) is 2.47. The van der Waals surface area contributed by atoms with E-state index in [4.69, 9.17) is 20.4 Å². The molecule has 1 aromatic rings. The topological polar surface area (TPSA) is 165 Å². The van der Waals surface area contributed by atoms with Gasteiger partial charge in [-0.1, -0.05) is 0 Å². The molecule has 0 aromatic carbocycles. The molecule has 0 amide bonds. The first-order valence-electron chi connectivity index (χ1n) is 6.10. The molecule has 0 spiro atoms. The van der Waals surface area contributed by atoms with Crippen LogP contribution < -0.4 is 0 Å². The van der Waals surface area contributed by atoms with Crippen LogP contribution in [0.25, 0.3) is 0 Å². The highest BCUT2D eigenvalue weighted by Gasteiger charge is 2.12. The van der Waals surface area contributed by atoms with Crippen molar-refractivity contribution >= 4 is 17.7 Å². The number of hydrogen-bond acceptors (Lipinski definition) is 7. The number of aromatic nitrogens is 1. The van der Waals surface area contributed by atoms with Crippen molar-refractivity contribution in [2.75, 3.05) is 0 Å². The summed E-state index contributed by atoms with van der Waals surface area (Å²) in [6.45, 7) is 1.12. The van der Waals surface area contributed by atoms with Crippen molar-refractivity contribution in [3.63, 3.8) is 0 Å². The van der Waals surface area contributed by atoms with Gasteiger partial charge in [0.2, 0.25) is 5.78 Å². The molecule has 0 bridgehead atoms. The number of carboxylic acid groups (broad SMARTS) is 2. The molecule has 0 saturated carbocycles. The molecule has 0 atom stereocenters. The maximum absolute atomic E-state index is 10.2. The van der Waals surface area contributed by atoms with Crippen LogP contribution in [0, 0.1) is 6.92 Å². The van der Waals surface area contributed by atoms with E-state index in [0.717, 1.165) is 0 Å². The molecular formula is C13H17NO8. The van der Waals surface area contributed by atoms with Crippen LogP contribution in [-0.4, -0.2) is 48.2 Å². The number of carboxylic acids is 2. The van der Waals surface area contributed by atoms with Gasteiger partial charge in [0.25, 0.3) is 0 Å². The molecule has 9 nitrogen and oxygen atoms in total. The highest BCUT2D eigenvalue weighted by atomic mass is 16.4. The van der Waals surface area contributed by atoms with E-state index in [1.807, 2.05) is 0 Å².